The largest absolute Gasteiger partial charge is 0.370 e. The molecular formula is C15H28N4. The first kappa shape index (κ1) is 15.7. The molecule has 0 aromatic carbocycles. The van der Waals surface area contributed by atoms with Crippen LogP contribution in [-0.4, -0.2) is 23.6 Å². The minimum atomic E-state index is 0.671. The van der Waals surface area contributed by atoms with Gasteiger partial charge in [-0.3, -0.25) is 0 Å². The zero-order valence-electron chi connectivity index (χ0n) is 12.8. The van der Waals surface area contributed by atoms with Crippen LogP contribution in [0.15, 0.2) is 6.20 Å². The summed E-state index contributed by atoms with van der Waals surface area (Å²) in [6.45, 7) is 7.60. The summed E-state index contributed by atoms with van der Waals surface area (Å²) in [5.74, 6) is 2.45. The third-order valence-corrected chi connectivity index (χ3v) is 3.20. The minimum absolute atomic E-state index is 0.671. The minimum Gasteiger partial charge on any atom is -0.370 e. The molecule has 0 spiro atoms. The molecule has 4 nitrogen and oxygen atoms in total. The van der Waals surface area contributed by atoms with Crippen molar-refractivity contribution in [2.24, 2.45) is 5.92 Å². The van der Waals surface area contributed by atoms with Crippen molar-refractivity contribution < 1.29 is 0 Å². The molecule has 2 N–H and O–H groups in total. The van der Waals surface area contributed by atoms with Crippen molar-refractivity contribution in [3.8, 4) is 0 Å². The Labute approximate surface area is 117 Å². The van der Waals surface area contributed by atoms with E-state index in [1.807, 2.05) is 20.2 Å². The lowest BCUT2D eigenvalue weighted by Crippen LogP contribution is -2.07. The molecule has 0 aliphatic heterocycles. The third-order valence-electron chi connectivity index (χ3n) is 3.20. The highest BCUT2D eigenvalue weighted by atomic mass is 15.1. The summed E-state index contributed by atoms with van der Waals surface area (Å²) in [7, 11) is 1.84. The number of hydrogen-bond donors (Lipinski definition) is 2. The molecule has 1 aromatic heterocycles. The van der Waals surface area contributed by atoms with E-state index in [0.29, 0.717) is 5.95 Å². The summed E-state index contributed by atoms with van der Waals surface area (Å²) in [5, 5.41) is 6.36. The molecule has 0 aliphatic rings. The van der Waals surface area contributed by atoms with E-state index < -0.39 is 0 Å². The molecular weight excluding hydrogens is 236 g/mol. The fourth-order valence-electron chi connectivity index (χ4n) is 1.98. The van der Waals surface area contributed by atoms with Crippen LogP contribution in [0.3, 0.4) is 0 Å². The SMILES string of the molecule is CNc1ncc(C)c(NCCCCCCC(C)C)n1. The first-order valence-corrected chi connectivity index (χ1v) is 7.38. The van der Waals surface area contributed by atoms with E-state index in [0.717, 1.165) is 23.8 Å². The fourth-order valence-corrected chi connectivity index (χ4v) is 1.98. The van der Waals surface area contributed by atoms with Crippen molar-refractivity contribution in [2.45, 2.75) is 52.9 Å². The molecule has 0 saturated heterocycles. The van der Waals surface area contributed by atoms with Crippen LogP contribution in [0.1, 0.15) is 51.5 Å². The van der Waals surface area contributed by atoms with Crippen LogP contribution in [0.5, 0.6) is 0 Å². The maximum Gasteiger partial charge on any atom is 0.224 e. The second kappa shape index (κ2) is 8.73. The van der Waals surface area contributed by atoms with Gasteiger partial charge in [0.2, 0.25) is 5.95 Å². The first-order valence-electron chi connectivity index (χ1n) is 7.38. The van der Waals surface area contributed by atoms with Gasteiger partial charge in [0, 0.05) is 25.4 Å². The number of aryl methyl sites for hydroxylation is 1. The molecule has 1 aromatic rings. The van der Waals surface area contributed by atoms with E-state index in [9.17, 15) is 0 Å². The van der Waals surface area contributed by atoms with E-state index in [2.05, 4.69) is 34.4 Å². The van der Waals surface area contributed by atoms with E-state index in [1.54, 1.807) is 0 Å². The van der Waals surface area contributed by atoms with Crippen molar-refractivity contribution in [3.63, 3.8) is 0 Å². The number of anilines is 2. The Balaban J connectivity index is 2.18. The summed E-state index contributed by atoms with van der Waals surface area (Å²) in [6.07, 6.45) is 8.39. The number of hydrogen-bond acceptors (Lipinski definition) is 4. The average molecular weight is 264 g/mol. The monoisotopic (exact) mass is 264 g/mol. The predicted molar refractivity (Wildman–Crippen MR) is 82.7 cm³/mol. The van der Waals surface area contributed by atoms with Gasteiger partial charge in [0.1, 0.15) is 5.82 Å². The predicted octanol–water partition coefficient (Wildman–Crippen LogP) is 3.85. The number of unbranched alkanes of at least 4 members (excludes halogenated alkanes) is 3. The van der Waals surface area contributed by atoms with E-state index in [-0.39, 0.29) is 0 Å². The van der Waals surface area contributed by atoms with Crippen LogP contribution < -0.4 is 10.6 Å². The van der Waals surface area contributed by atoms with Crippen LogP contribution in [-0.2, 0) is 0 Å². The van der Waals surface area contributed by atoms with Gasteiger partial charge in [0.15, 0.2) is 0 Å². The van der Waals surface area contributed by atoms with Crippen molar-refractivity contribution in [3.05, 3.63) is 11.8 Å². The second-order valence-corrected chi connectivity index (χ2v) is 5.50. The number of nitrogens with zero attached hydrogens (tertiary/aromatic N) is 2. The highest BCUT2D eigenvalue weighted by Crippen LogP contribution is 2.13. The molecule has 0 amide bonds. The molecule has 4 heteroatoms. The highest BCUT2D eigenvalue weighted by Gasteiger charge is 2.01. The van der Waals surface area contributed by atoms with Gasteiger partial charge in [0.05, 0.1) is 0 Å². The number of aromatic nitrogens is 2. The quantitative estimate of drug-likeness (QED) is 0.665. The van der Waals surface area contributed by atoms with Gasteiger partial charge in [0.25, 0.3) is 0 Å². The first-order chi connectivity index (χ1) is 9.13. The van der Waals surface area contributed by atoms with Gasteiger partial charge in [-0.05, 0) is 19.3 Å². The van der Waals surface area contributed by atoms with Crippen LogP contribution in [0.2, 0.25) is 0 Å². The van der Waals surface area contributed by atoms with Crippen molar-refractivity contribution >= 4 is 11.8 Å². The van der Waals surface area contributed by atoms with Gasteiger partial charge in [-0.25, -0.2) is 4.98 Å². The Morgan fingerprint density at radius 1 is 1.16 bits per heavy atom. The van der Waals surface area contributed by atoms with Gasteiger partial charge < -0.3 is 10.6 Å². The van der Waals surface area contributed by atoms with Gasteiger partial charge in [-0.1, -0.05) is 39.5 Å². The Morgan fingerprint density at radius 2 is 1.89 bits per heavy atom. The van der Waals surface area contributed by atoms with Crippen LogP contribution >= 0.6 is 0 Å². The lowest BCUT2D eigenvalue weighted by molar-refractivity contribution is 0.523. The molecule has 0 radical (unpaired) electrons. The zero-order valence-corrected chi connectivity index (χ0v) is 12.8. The number of nitrogens with one attached hydrogen (secondary N) is 2. The van der Waals surface area contributed by atoms with Crippen molar-refractivity contribution in [1.82, 2.24) is 9.97 Å². The molecule has 0 aliphatic carbocycles. The maximum atomic E-state index is 4.41. The fraction of sp³-hybridized carbons (Fsp3) is 0.733. The lowest BCUT2D eigenvalue weighted by atomic mass is 10.0. The molecule has 0 fully saturated rings. The van der Waals surface area contributed by atoms with Gasteiger partial charge in [-0.2, -0.15) is 4.98 Å². The molecule has 0 atom stereocenters. The second-order valence-electron chi connectivity index (χ2n) is 5.50. The molecule has 19 heavy (non-hydrogen) atoms. The maximum absolute atomic E-state index is 4.41. The van der Waals surface area contributed by atoms with E-state index in [1.165, 1.54) is 32.1 Å². The van der Waals surface area contributed by atoms with E-state index in [4.69, 9.17) is 0 Å². The van der Waals surface area contributed by atoms with Crippen molar-refractivity contribution in [1.29, 1.82) is 0 Å². The summed E-state index contributed by atoms with van der Waals surface area (Å²) in [5.41, 5.74) is 1.10. The Morgan fingerprint density at radius 3 is 2.58 bits per heavy atom. The Kier molecular flexibility index (Phi) is 7.23. The average Bonchev–Trinajstić information content (AvgIpc) is 2.39. The van der Waals surface area contributed by atoms with Crippen LogP contribution in [0.4, 0.5) is 11.8 Å². The molecule has 1 heterocycles. The van der Waals surface area contributed by atoms with Crippen LogP contribution in [0.25, 0.3) is 0 Å². The highest BCUT2D eigenvalue weighted by molar-refractivity contribution is 5.46. The summed E-state index contributed by atoms with van der Waals surface area (Å²) >= 11 is 0. The van der Waals surface area contributed by atoms with Crippen molar-refractivity contribution in [2.75, 3.05) is 24.2 Å². The zero-order chi connectivity index (χ0) is 14.1. The van der Waals surface area contributed by atoms with E-state index >= 15 is 0 Å². The molecule has 0 saturated carbocycles. The topological polar surface area (TPSA) is 49.8 Å². The summed E-state index contributed by atoms with van der Waals surface area (Å²) in [6, 6.07) is 0. The standard InChI is InChI=1S/C15H28N4/c1-12(2)9-7-5-6-8-10-17-14-13(3)11-18-15(16-4)19-14/h11-12H,5-10H2,1-4H3,(H2,16,17,18,19). The lowest BCUT2D eigenvalue weighted by Gasteiger charge is -2.09. The Hall–Kier alpha value is -1.32. The molecule has 1 rings (SSSR count). The molecule has 0 bridgehead atoms. The van der Waals surface area contributed by atoms with Gasteiger partial charge >= 0.3 is 0 Å². The summed E-state index contributed by atoms with van der Waals surface area (Å²) in [4.78, 5) is 8.60. The van der Waals surface area contributed by atoms with Crippen LogP contribution in [0, 0.1) is 12.8 Å². The summed E-state index contributed by atoms with van der Waals surface area (Å²) < 4.78 is 0. The third kappa shape index (κ3) is 6.41. The smallest absolute Gasteiger partial charge is 0.224 e. The molecule has 0 unspecified atom stereocenters. The number of rotatable bonds is 9. The normalized spacial score (nSPS) is 10.8. The Bertz CT molecular complexity index is 363. The van der Waals surface area contributed by atoms with Gasteiger partial charge in [-0.15, -0.1) is 0 Å². The molecule has 108 valence electrons.